The molecular formula is C16H17N7O3. The fraction of sp³-hybridized carbons (Fsp3) is 0.312. The van der Waals surface area contributed by atoms with Crippen molar-refractivity contribution < 1.29 is 4.79 Å². The molecule has 0 saturated heterocycles. The zero-order chi connectivity index (χ0) is 18.3. The average molecular weight is 355 g/mol. The molecule has 1 amide bonds. The van der Waals surface area contributed by atoms with Crippen molar-refractivity contribution in [3.8, 4) is 11.4 Å². The van der Waals surface area contributed by atoms with E-state index in [9.17, 15) is 14.4 Å². The number of hydrogen-bond acceptors (Lipinski definition) is 5. The van der Waals surface area contributed by atoms with Gasteiger partial charge < -0.3 is 14.9 Å². The number of H-pyrrole nitrogens is 4. The van der Waals surface area contributed by atoms with E-state index in [2.05, 4.69) is 30.1 Å². The lowest BCUT2D eigenvalue weighted by molar-refractivity contribution is -0.131. The predicted octanol–water partition coefficient (Wildman–Crippen LogP) is -0.388. The number of fused-ring (bicyclic) bond motifs is 1. The van der Waals surface area contributed by atoms with Crippen molar-refractivity contribution in [1.29, 1.82) is 0 Å². The molecule has 0 fully saturated rings. The summed E-state index contributed by atoms with van der Waals surface area (Å²) >= 11 is 0. The number of carbonyl (C=O) groups excluding carboxylic acids is 1. The zero-order valence-electron chi connectivity index (χ0n) is 14.0. The minimum absolute atomic E-state index is 0.0595. The monoisotopic (exact) mass is 355 g/mol. The molecule has 1 aliphatic rings. The third-order valence-electron chi connectivity index (χ3n) is 4.54. The normalized spacial score (nSPS) is 13.7. The lowest BCUT2D eigenvalue weighted by Crippen LogP contribution is -2.38. The Morgan fingerprint density at radius 3 is 2.85 bits per heavy atom. The van der Waals surface area contributed by atoms with Gasteiger partial charge in [-0.25, -0.2) is 9.78 Å². The Balaban J connectivity index is 1.53. The van der Waals surface area contributed by atoms with Gasteiger partial charge in [-0.15, -0.1) is 0 Å². The van der Waals surface area contributed by atoms with Crippen LogP contribution in [0.3, 0.4) is 0 Å². The Bertz CT molecular complexity index is 1070. The molecule has 134 valence electrons. The third-order valence-corrected chi connectivity index (χ3v) is 4.54. The molecule has 10 heteroatoms. The lowest BCUT2D eigenvalue weighted by Gasteiger charge is -2.26. The van der Waals surface area contributed by atoms with Crippen molar-refractivity contribution in [2.24, 2.45) is 0 Å². The van der Waals surface area contributed by atoms with Crippen LogP contribution in [0, 0.1) is 6.92 Å². The van der Waals surface area contributed by atoms with Gasteiger partial charge in [0.1, 0.15) is 5.82 Å². The van der Waals surface area contributed by atoms with Crippen LogP contribution < -0.4 is 11.2 Å². The maximum absolute atomic E-state index is 12.6. The molecule has 0 spiro atoms. The minimum Gasteiger partial charge on any atom is -0.340 e. The number of hydrogen-bond donors (Lipinski definition) is 4. The maximum Gasteiger partial charge on any atom is 0.325 e. The van der Waals surface area contributed by atoms with E-state index < -0.39 is 11.2 Å². The van der Waals surface area contributed by atoms with E-state index >= 15 is 0 Å². The van der Waals surface area contributed by atoms with Crippen LogP contribution >= 0.6 is 0 Å². The summed E-state index contributed by atoms with van der Waals surface area (Å²) in [7, 11) is 0. The van der Waals surface area contributed by atoms with Crippen LogP contribution in [0.4, 0.5) is 0 Å². The first-order chi connectivity index (χ1) is 12.5. The Labute approximate surface area is 146 Å². The standard InChI is InChI=1S/C16H17N7O3/c1-8-10(15(25)22-16(26)19-8)4-13(24)23-3-2-11-12(7-23)21-14(20-11)9-5-17-18-6-9/h5-6H,2-4,7H2,1H3,(H,17,18)(H,20,21)(H2,19,22,25,26). The molecule has 0 unspecified atom stereocenters. The largest absolute Gasteiger partial charge is 0.340 e. The molecule has 3 aromatic heterocycles. The van der Waals surface area contributed by atoms with Gasteiger partial charge in [-0.3, -0.25) is 19.7 Å². The Kier molecular flexibility index (Phi) is 3.79. The molecule has 0 aliphatic carbocycles. The molecule has 1 aliphatic heterocycles. The fourth-order valence-corrected chi connectivity index (χ4v) is 3.13. The first-order valence-corrected chi connectivity index (χ1v) is 8.18. The average Bonchev–Trinajstić information content (AvgIpc) is 3.25. The van der Waals surface area contributed by atoms with E-state index in [1.54, 1.807) is 24.2 Å². The van der Waals surface area contributed by atoms with Crippen molar-refractivity contribution in [2.75, 3.05) is 6.54 Å². The molecule has 4 rings (SSSR count). The highest BCUT2D eigenvalue weighted by atomic mass is 16.2. The molecule has 0 bridgehead atoms. The zero-order valence-corrected chi connectivity index (χ0v) is 14.0. The summed E-state index contributed by atoms with van der Waals surface area (Å²) in [5.41, 5.74) is 2.26. The summed E-state index contributed by atoms with van der Waals surface area (Å²) in [6.45, 7) is 2.54. The van der Waals surface area contributed by atoms with Crippen LogP contribution in [0.5, 0.6) is 0 Å². The molecule has 3 aromatic rings. The van der Waals surface area contributed by atoms with E-state index in [1.807, 2.05) is 0 Å². The van der Waals surface area contributed by atoms with E-state index in [4.69, 9.17) is 0 Å². The SMILES string of the molecule is Cc1[nH]c(=O)[nH]c(=O)c1CC(=O)N1CCc2nc(-c3cn[nH]c3)[nH]c2C1. The molecule has 0 atom stereocenters. The summed E-state index contributed by atoms with van der Waals surface area (Å²) in [5.74, 6) is 0.543. The number of aromatic amines is 4. The second kappa shape index (κ2) is 6.14. The highest BCUT2D eigenvalue weighted by molar-refractivity contribution is 5.79. The first kappa shape index (κ1) is 16.1. The fourth-order valence-electron chi connectivity index (χ4n) is 3.13. The van der Waals surface area contributed by atoms with Gasteiger partial charge >= 0.3 is 5.69 Å². The highest BCUT2D eigenvalue weighted by Crippen LogP contribution is 2.22. The van der Waals surface area contributed by atoms with Crippen LogP contribution in [-0.2, 0) is 24.2 Å². The van der Waals surface area contributed by atoms with Crippen LogP contribution in [0.25, 0.3) is 11.4 Å². The molecule has 0 aromatic carbocycles. The number of imidazole rings is 1. The Hall–Kier alpha value is -3.43. The molecule has 0 radical (unpaired) electrons. The van der Waals surface area contributed by atoms with Gasteiger partial charge in [0.15, 0.2) is 0 Å². The molecule has 26 heavy (non-hydrogen) atoms. The maximum atomic E-state index is 12.6. The van der Waals surface area contributed by atoms with Crippen molar-refractivity contribution in [3.63, 3.8) is 0 Å². The summed E-state index contributed by atoms with van der Waals surface area (Å²) in [5, 5.41) is 6.66. The van der Waals surface area contributed by atoms with Crippen molar-refractivity contribution in [1.82, 2.24) is 35.0 Å². The lowest BCUT2D eigenvalue weighted by atomic mass is 10.1. The number of amides is 1. The van der Waals surface area contributed by atoms with Crippen LogP contribution in [0.1, 0.15) is 22.6 Å². The second-order valence-electron chi connectivity index (χ2n) is 6.25. The Morgan fingerprint density at radius 1 is 1.27 bits per heavy atom. The molecular weight excluding hydrogens is 338 g/mol. The summed E-state index contributed by atoms with van der Waals surface area (Å²) < 4.78 is 0. The number of aromatic nitrogens is 6. The van der Waals surface area contributed by atoms with Gasteiger partial charge in [0, 0.05) is 30.4 Å². The van der Waals surface area contributed by atoms with Gasteiger partial charge in [-0.05, 0) is 6.92 Å². The van der Waals surface area contributed by atoms with E-state index in [0.717, 1.165) is 17.0 Å². The van der Waals surface area contributed by atoms with Crippen molar-refractivity contribution in [3.05, 3.63) is 55.9 Å². The summed E-state index contributed by atoms with van der Waals surface area (Å²) in [4.78, 5) is 50.0. The van der Waals surface area contributed by atoms with Crippen LogP contribution in [0.15, 0.2) is 22.0 Å². The quantitative estimate of drug-likeness (QED) is 0.506. The van der Waals surface area contributed by atoms with Gasteiger partial charge in [-0.2, -0.15) is 5.10 Å². The Morgan fingerprint density at radius 2 is 2.12 bits per heavy atom. The molecule has 4 heterocycles. The third kappa shape index (κ3) is 2.85. The van der Waals surface area contributed by atoms with Gasteiger partial charge in [-0.1, -0.05) is 0 Å². The van der Waals surface area contributed by atoms with Crippen molar-refractivity contribution in [2.45, 2.75) is 26.3 Å². The number of aryl methyl sites for hydroxylation is 1. The van der Waals surface area contributed by atoms with Gasteiger partial charge in [0.25, 0.3) is 5.56 Å². The van der Waals surface area contributed by atoms with Crippen molar-refractivity contribution >= 4 is 5.91 Å². The number of nitrogens with zero attached hydrogens (tertiary/aromatic N) is 3. The van der Waals surface area contributed by atoms with E-state index in [0.29, 0.717) is 31.0 Å². The molecule has 10 nitrogen and oxygen atoms in total. The number of nitrogens with one attached hydrogen (secondary N) is 4. The smallest absolute Gasteiger partial charge is 0.325 e. The predicted molar refractivity (Wildman–Crippen MR) is 91.4 cm³/mol. The van der Waals surface area contributed by atoms with Crippen LogP contribution in [-0.4, -0.2) is 47.5 Å². The van der Waals surface area contributed by atoms with E-state index in [1.165, 1.54) is 0 Å². The topological polar surface area (TPSA) is 143 Å². The summed E-state index contributed by atoms with van der Waals surface area (Å²) in [6, 6.07) is 0. The number of carbonyl (C=O) groups is 1. The van der Waals surface area contributed by atoms with E-state index in [-0.39, 0.29) is 17.9 Å². The van der Waals surface area contributed by atoms with Gasteiger partial charge in [0.2, 0.25) is 5.91 Å². The molecule has 0 saturated carbocycles. The van der Waals surface area contributed by atoms with Gasteiger partial charge in [0.05, 0.1) is 36.1 Å². The second-order valence-corrected chi connectivity index (χ2v) is 6.25. The molecule has 4 N–H and O–H groups in total. The number of rotatable bonds is 3. The van der Waals surface area contributed by atoms with Crippen LogP contribution in [0.2, 0.25) is 0 Å². The first-order valence-electron chi connectivity index (χ1n) is 8.18. The summed E-state index contributed by atoms with van der Waals surface area (Å²) in [6.07, 6.45) is 4.00. The minimum atomic E-state index is -0.574. The highest BCUT2D eigenvalue weighted by Gasteiger charge is 2.25.